The number of sulfonamides is 1. The number of aryl methyl sites for hydroxylation is 1. The lowest BCUT2D eigenvalue weighted by molar-refractivity contribution is 0.257. The zero-order valence-electron chi connectivity index (χ0n) is 10.5. The molecule has 18 heavy (non-hydrogen) atoms. The van der Waals surface area contributed by atoms with Crippen molar-refractivity contribution in [3.63, 3.8) is 0 Å². The second-order valence-corrected chi connectivity index (χ2v) is 6.51. The Bertz CT molecular complexity index is 516. The van der Waals surface area contributed by atoms with Gasteiger partial charge in [-0.25, -0.2) is 13.4 Å². The average molecular weight is 269 g/mol. The van der Waals surface area contributed by atoms with E-state index < -0.39 is 10.0 Å². The van der Waals surface area contributed by atoms with E-state index in [0.717, 1.165) is 24.8 Å². The summed E-state index contributed by atoms with van der Waals surface area (Å²) >= 11 is 0. The first kappa shape index (κ1) is 13.5. The molecular weight excluding hydrogens is 250 g/mol. The van der Waals surface area contributed by atoms with Crippen LogP contribution in [0.3, 0.4) is 0 Å². The fourth-order valence-corrected chi connectivity index (χ4v) is 4.02. The largest absolute Gasteiger partial charge is 0.329 e. The third kappa shape index (κ3) is 2.55. The highest BCUT2D eigenvalue weighted by atomic mass is 32.2. The lowest BCUT2D eigenvalue weighted by Gasteiger charge is -2.33. The molecule has 1 unspecified atom stereocenters. The molecule has 0 radical (unpaired) electrons. The average Bonchev–Trinajstić information content (AvgIpc) is 2.38. The monoisotopic (exact) mass is 269 g/mol. The van der Waals surface area contributed by atoms with E-state index in [4.69, 9.17) is 5.73 Å². The number of nitrogens with zero attached hydrogens (tertiary/aromatic N) is 2. The van der Waals surface area contributed by atoms with Crippen molar-refractivity contribution in [2.24, 2.45) is 5.73 Å². The summed E-state index contributed by atoms with van der Waals surface area (Å²) < 4.78 is 26.5. The van der Waals surface area contributed by atoms with Crippen LogP contribution < -0.4 is 5.73 Å². The fraction of sp³-hybridized carbons (Fsp3) is 0.583. The highest BCUT2D eigenvalue weighted by Crippen LogP contribution is 2.24. The molecule has 1 aromatic rings. The van der Waals surface area contributed by atoms with Crippen molar-refractivity contribution < 1.29 is 8.42 Å². The van der Waals surface area contributed by atoms with E-state index in [1.165, 1.54) is 10.5 Å². The molecule has 0 bridgehead atoms. The quantitative estimate of drug-likeness (QED) is 0.884. The van der Waals surface area contributed by atoms with Crippen LogP contribution >= 0.6 is 0 Å². The van der Waals surface area contributed by atoms with Crippen LogP contribution in [-0.4, -0.2) is 36.8 Å². The topological polar surface area (TPSA) is 76.3 Å². The van der Waals surface area contributed by atoms with Gasteiger partial charge in [0.25, 0.3) is 10.0 Å². The third-order valence-corrected chi connectivity index (χ3v) is 5.16. The van der Waals surface area contributed by atoms with E-state index in [9.17, 15) is 8.42 Å². The van der Waals surface area contributed by atoms with Crippen LogP contribution in [0.2, 0.25) is 0 Å². The fourth-order valence-electron chi connectivity index (χ4n) is 2.30. The number of aromatic nitrogens is 1. The summed E-state index contributed by atoms with van der Waals surface area (Å²) in [5.41, 5.74) is 6.57. The Labute approximate surface area is 108 Å². The Morgan fingerprint density at radius 3 is 2.94 bits per heavy atom. The van der Waals surface area contributed by atoms with E-state index in [1.807, 2.05) is 6.92 Å². The Kier molecular flexibility index (Phi) is 3.99. The van der Waals surface area contributed by atoms with E-state index in [1.54, 1.807) is 12.1 Å². The molecular formula is C12H19N3O2S. The second kappa shape index (κ2) is 5.34. The predicted molar refractivity (Wildman–Crippen MR) is 69.6 cm³/mol. The molecule has 1 saturated heterocycles. The van der Waals surface area contributed by atoms with Crippen molar-refractivity contribution in [3.8, 4) is 0 Å². The van der Waals surface area contributed by atoms with E-state index >= 15 is 0 Å². The van der Waals surface area contributed by atoms with Gasteiger partial charge in [0.15, 0.2) is 5.03 Å². The standard InChI is InChI=1S/C12H19N3O2S/c1-10-5-6-14-12(8-10)18(16,17)15-7-3-2-4-11(15)9-13/h5-6,8,11H,2-4,7,9,13H2,1H3. The summed E-state index contributed by atoms with van der Waals surface area (Å²) in [5.74, 6) is 0. The van der Waals surface area contributed by atoms with Gasteiger partial charge in [-0.15, -0.1) is 0 Å². The maximum Gasteiger partial charge on any atom is 0.260 e. The smallest absolute Gasteiger partial charge is 0.260 e. The molecule has 1 fully saturated rings. The number of nitrogens with two attached hydrogens (primary N) is 1. The van der Waals surface area contributed by atoms with Crippen molar-refractivity contribution in [3.05, 3.63) is 23.9 Å². The van der Waals surface area contributed by atoms with E-state index in [2.05, 4.69) is 4.98 Å². The first-order valence-electron chi connectivity index (χ1n) is 6.20. The molecule has 0 amide bonds. The van der Waals surface area contributed by atoms with Crippen LogP contribution in [0.25, 0.3) is 0 Å². The van der Waals surface area contributed by atoms with Crippen molar-refractivity contribution >= 4 is 10.0 Å². The molecule has 5 nitrogen and oxygen atoms in total. The van der Waals surface area contributed by atoms with Crippen LogP contribution in [0.4, 0.5) is 0 Å². The van der Waals surface area contributed by atoms with Crippen molar-refractivity contribution in [2.45, 2.75) is 37.3 Å². The van der Waals surface area contributed by atoms with Crippen LogP contribution in [0.15, 0.2) is 23.4 Å². The molecule has 6 heteroatoms. The van der Waals surface area contributed by atoms with Gasteiger partial charge in [0.1, 0.15) is 0 Å². The number of hydrogen-bond acceptors (Lipinski definition) is 4. The SMILES string of the molecule is Cc1ccnc(S(=O)(=O)N2CCCCC2CN)c1. The van der Waals surface area contributed by atoms with Gasteiger partial charge in [-0.2, -0.15) is 4.31 Å². The Hall–Kier alpha value is -0.980. The van der Waals surface area contributed by atoms with Gasteiger partial charge >= 0.3 is 0 Å². The van der Waals surface area contributed by atoms with Gasteiger partial charge < -0.3 is 5.73 Å². The number of rotatable bonds is 3. The minimum atomic E-state index is -3.50. The van der Waals surface area contributed by atoms with E-state index in [-0.39, 0.29) is 11.1 Å². The Balaban J connectivity index is 2.35. The molecule has 100 valence electrons. The summed E-state index contributed by atoms with van der Waals surface area (Å²) in [5, 5.41) is 0.128. The summed E-state index contributed by atoms with van der Waals surface area (Å²) in [6, 6.07) is 3.30. The summed E-state index contributed by atoms with van der Waals surface area (Å²) in [7, 11) is -3.50. The van der Waals surface area contributed by atoms with Crippen LogP contribution in [0, 0.1) is 6.92 Å². The van der Waals surface area contributed by atoms with E-state index in [0.29, 0.717) is 13.1 Å². The minimum Gasteiger partial charge on any atom is -0.329 e. The summed E-state index contributed by atoms with van der Waals surface area (Å²) in [6.07, 6.45) is 4.29. The number of piperidine rings is 1. The van der Waals surface area contributed by atoms with Crippen LogP contribution in [-0.2, 0) is 10.0 Å². The molecule has 0 spiro atoms. The molecule has 0 aromatic carbocycles. The molecule has 2 heterocycles. The summed E-state index contributed by atoms with van der Waals surface area (Å²) in [6.45, 7) is 2.77. The molecule has 0 saturated carbocycles. The Morgan fingerprint density at radius 2 is 2.28 bits per heavy atom. The zero-order valence-corrected chi connectivity index (χ0v) is 11.4. The molecule has 1 atom stereocenters. The predicted octanol–water partition coefficient (Wildman–Crippen LogP) is 0.892. The lowest BCUT2D eigenvalue weighted by atomic mass is 10.1. The molecule has 2 N–H and O–H groups in total. The molecule has 1 aliphatic heterocycles. The van der Waals surface area contributed by atoms with Gasteiger partial charge in [0.2, 0.25) is 0 Å². The normalized spacial score (nSPS) is 22.0. The van der Waals surface area contributed by atoms with Crippen LogP contribution in [0.1, 0.15) is 24.8 Å². The molecule has 1 aliphatic rings. The Morgan fingerprint density at radius 1 is 1.50 bits per heavy atom. The second-order valence-electron chi connectivity index (χ2n) is 4.67. The highest BCUT2D eigenvalue weighted by Gasteiger charge is 2.33. The molecule has 2 rings (SSSR count). The maximum atomic E-state index is 12.5. The van der Waals surface area contributed by atoms with Gasteiger partial charge in [0.05, 0.1) is 0 Å². The van der Waals surface area contributed by atoms with Crippen LogP contribution in [0.5, 0.6) is 0 Å². The number of hydrogen-bond donors (Lipinski definition) is 1. The van der Waals surface area contributed by atoms with Gasteiger partial charge in [-0.3, -0.25) is 0 Å². The molecule has 1 aromatic heterocycles. The van der Waals surface area contributed by atoms with Gasteiger partial charge in [0, 0.05) is 25.3 Å². The van der Waals surface area contributed by atoms with Crippen molar-refractivity contribution in [2.75, 3.05) is 13.1 Å². The molecule has 0 aliphatic carbocycles. The van der Waals surface area contributed by atoms with Gasteiger partial charge in [-0.1, -0.05) is 6.42 Å². The summed E-state index contributed by atoms with van der Waals surface area (Å²) in [4.78, 5) is 3.98. The lowest BCUT2D eigenvalue weighted by Crippen LogP contribution is -2.47. The van der Waals surface area contributed by atoms with Crippen molar-refractivity contribution in [1.82, 2.24) is 9.29 Å². The maximum absolute atomic E-state index is 12.5. The van der Waals surface area contributed by atoms with Gasteiger partial charge in [-0.05, 0) is 37.5 Å². The minimum absolute atomic E-state index is 0.0916. The first-order chi connectivity index (χ1) is 8.55. The first-order valence-corrected chi connectivity index (χ1v) is 7.64. The highest BCUT2D eigenvalue weighted by molar-refractivity contribution is 7.89. The third-order valence-electron chi connectivity index (χ3n) is 3.31. The van der Waals surface area contributed by atoms with Crippen molar-refractivity contribution in [1.29, 1.82) is 0 Å². The number of pyridine rings is 1. The zero-order chi connectivity index (χ0) is 13.2.